The monoisotopic (exact) mass is 385 g/mol. The molecule has 0 amide bonds. The number of halogens is 1. The van der Waals surface area contributed by atoms with Crippen LogP contribution in [0.15, 0.2) is 24.3 Å². The molecule has 0 aliphatic carbocycles. The number of nitrogens with zero attached hydrogens (tertiary/aromatic N) is 1. The van der Waals surface area contributed by atoms with Gasteiger partial charge in [0.05, 0.1) is 13.0 Å². The molecule has 2 saturated heterocycles. The van der Waals surface area contributed by atoms with Gasteiger partial charge in [0.2, 0.25) is 0 Å². The summed E-state index contributed by atoms with van der Waals surface area (Å²) in [6.45, 7) is 0. The molecule has 2 fully saturated rings. The molecule has 1 aromatic rings. The van der Waals surface area contributed by atoms with Gasteiger partial charge in [0.25, 0.3) is 0 Å². The number of carbonyl (C=O) groups is 1. The number of benzene rings is 1. The van der Waals surface area contributed by atoms with Gasteiger partial charge in [-0.2, -0.15) is 0 Å². The molecule has 0 aromatic heterocycles. The van der Waals surface area contributed by atoms with Gasteiger partial charge in [0, 0.05) is 21.6 Å². The van der Waals surface area contributed by atoms with Crippen LogP contribution in [0.2, 0.25) is 0 Å². The average molecular weight is 385 g/mol. The molecule has 3 rings (SSSR count). The van der Waals surface area contributed by atoms with Gasteiger partial charge >= 0.3 is 5.97 Å². The molecule has 0 saturated carbocycles. The number of hydrogen-bond acceptors (Lipinski definition) is 3. The first-order chi connectivity index (χ1) is 9.61. The maximum absolute atomic E-state index is 12.3. The van der Waals surface area contributed by atoms with Crippen LogP contribution in [-0.4, -0.2) is 37.1 Å². The Kier molecular flexibility index (Phi) is 4.04. The van der Waals surface area contributed by atoms with Gasteiger partial charge in [-0.3, -0.25) is 9.69 Å². The summed E-state index contributed by atoms with van der Waals surface area (Å²) >= 11 is 2.32. The van der Waals surface area contributed by atoms with Crippen molar-refractivity contribution in [3.05, 3.63) is 33.4 Å². The molecule has 2 aliphatic heterocycles. The van der Waals surface area contributed by atoms with Crippen LogP contribution in [0, 0.1) is 9.49 Å². The van der Waals surface area contributed by atoms with Crippen molar-refractivity contribution in [2.45, 2.75) is 37.3 Å². The SMILES string of the molecule is COC(=O)[C@@H]1[C@H]2CC[C@@H](C[C@H]1c1ccc(I)cc1)N2C. The van der Waals surface area contributed by atoms with Crippen LogP contribution in [0.1, 0.15) is 30.7 Å². The van der Waals surface area contributed by atoms with Crippen LogP contribution in [0.4, 0.5) is 0 Å². The smallest absolute Gasteiger partial charge is 0.310 e. The minimum absolute atomic E-state index is 0.0242. The number of carbonyl (C=O) groups excluding carboxylic acids is 1. The van der Waals surface area contributed by atoms with Crippen LogP contribution in [0.3, 0.4) is 0 Å². The predicted octanol–water partition coefficient (Wildman–Crippen LogP) is 3.03. The first kappa shape index (κ1) is 14.3. The van der Waals surface area contributed by atoms with E-state index in [4.69, 9.17) is 4.74 Å². The van der Waals surface area contributed by atoms with Crippen LogP contribution in [0.5, 0.6) is 0 Å². The number of hydrogen-bond donors (Lipinski definition) is 0. The Morgan fingerprint density at radius 2 is 2.00 bits per heavy atom. The van der Waals surface area contributed by atoms with E-state index in [9.17, 15) is 4.79 Å². The van der Waals surface area contributed by atoms with E-state index >= 15 is 0 Å². The molecule has 4 atom stereocenters. The zero-order chi connectivity index (χ0) is 14.3. The molecule has 0 spiro atoms. The zero-order valence-corrected chi connectivity index (χ0v) is 14.0. The highest BCUT2D eigenvalue weighted by atomic mass is 127. The highest BCUT2D eigenvalue weighted by Crippen LogP contribution is 2.46. The Morgan fingerprint density at radius 1 is 1.30 bits per heavy atom. The minimum Gasteiger partial charge on any atom is -0.469 e. The fourth-order valence-electron chi connectivity index (χ4n) is 3.98. The number of esters is 1. The molecule has 0 unspecified atom stereocenters. The van der Waals surface area contributed by atoms with Crippen molar-refractivity contribution in [1.82, 2.24) is 4.90 Å². The third-order valence-electron chi connectivity index (χ3n) is 5.04. The number of fused-ring (bicyclic) bond motifs is 2. The summed E-state index contributed by atoms with van der Waals surface area (Å²) in [4.78, 5) is 14.7. The quantitative estimate of drug-likeness (QED) is 0.579. The van der Waals surface area contributed by atoms with E-state index in [0.717, 1.165) is 12.8 Å². The Morgan fingerprint density at radius 3 is 2.65 bits per heavy atom. The Bertz CT molecular complexity index is 502. The maximum Gasteiger partial charge on any atom is 0.310 e. The number of rotatable bonds is 2. The molecule has 20 heavy (non-hydrogen) atoms. The molecule has 1 aromatic carbocycles. The second kappa shape index (κ2) is 5.64. The van der Waals surface area contributed by atoms with Crippen LogP contribution in [0.25, 0.3) is 0 Å². The van der Waals surface area contributed by atoms with Gasteiger partial charge in [-0.1, -0.05) is 12.1 Å². The standard InChI is InChI=1S/C16H20INO2/c1-18-12-7-8-14(18)15(16(19)20-2)13(9-12)10-3-5-11(17)6-4-10/h3-6,12-15H,7-9H2,1-2H3/t12-,13-,14+,15-/m0/s1. The van der Waals surface area contributed by atoms with E-state index in [1.807, 2.05) is 0 Å². The molecule has 108 valence electrons. The Hall–Kier alpha value is -0.620. The molecular weight excluding hydrogens is 365 g/mol. The highest BCUT2D eigenvalue weighted by Gasteiger charge is 2.49. The van der Waals surface area contributed by atoms with Gasteiger partial charge < -0.3 is 4.74 Å². The van der Waals surface area contributed by atoms with Crippen LogP contribution < -0.4 is 0 Å². The normalized spacial score (nSPS) is 33.1. The van der Waals surface area contributed by atoms with Gasteiger partial charge in [-0.25, -0.2) is 0 Å². The summed E-state index contributed by atoms with van der Waals surface area (Å²) in [6, 6.07) is 9.56. The van der Waals surface area contributed by atoms with E-state index < -0.39 is 0 Å². The zero-order valence-electron chi connectivity index (χ0n) is 11.9. The second-order valence-electron chi connectivity index (χ2n) is 5.91. The van der Waals surface area contributed by atoms with Gasteiger partial charge in [-0.15, -0.1) is 0 Å². The summed E-state index contributed by atoms with van der Waals surface area (Å²) in [7, 11) is 3.66. The maximum atomic E-state index is 12.3. The molecule has 4 heteroatoms. The number of ether oxygens (including phenoxy) is 1. The molecule has 3 nitrogen and oxygen atoms in total. The van der Waals surface area contributed by atoms with Gasteiger partial charge in [-0.05, 0) is 66.6 Å². The Balaban J connectivity index is 1.95. The summed E-state index contributed by atoms with van der Waals surface area (Å²) in [5, 5.41) is 0. The van der Waals surface area contributed by atoms with E-state index in [2.05, 4.69) is 58.8 Å². The van der Waals surface area contributed by atoms with E-state index in [-0.39, 0.29) is 11.9 Å². The molecule has 2 bridgehead atoms. The fraction of sp³-hybridized carbons (Fsp3) is 0.562. The lowest BCUT2D eigenvalue weighted by molar-refractivity contribution is -0.150. The van der Waals surface area contributed by atoms with Crippen LogP contribution in [-0.2, 0) is 9.53 Å². The summed E-state index contributed by atoms with van der Waals surface area (Å²) in [5.74, 6) is 0.225. The topological polar surface area (TPSA) is 29.5 Å². The highest BCUT2D eigenvalue weighted by molar-refractivity contribution is 14.1. The van der Waals surface area contributed by atoms with Crippen molar-refractivity contribution in [2.24, 2.45) is 5.92 Å². The predicted molar refractivity (Wildman–Crippen MR) is 86.6 cm³/mol. The molecular formula is C16H20INO2. The molecule has 0 radical (unpaired) electrons. The summed E-state index contributed by atoms with van der Waals surface area (Å²) in [6.07, 6.45) is 3.38. The van der Waals surface area contributed by atoms with Gasteiger partial charge in [0.15, 0.2) is 0 Å². The summed E-state index contributed by atoms with van der Waals surface area (Å²) < 4.78 is 6.33. The van der Waals surface area contributed by atoms with Crippen molar-refractivity contribution in [3.8, 4) is 0 Å². The lowest BCUT2D eigenvalue weighted by Gasteiger charge is -2.41. The number of methoxy groups -OCH3 is 1. The number of piperidine rings is 1. The van der Waals surface area contributed by atoms with E-state index in [1.54, 1.807) is 0 Å². The Labute approximate surface area is 133 Å². The molecule has 2 heterocycles. The van der Waals surface area contributed by atoms with E-state index in [1.165, 1.54) is 22.7 Å². The summed E-state index contributed by atoms with van der Waals surface area (Å²) in [5.41, 5.74) is 1.28. The van der Waals surface area contributed by atoms with E-state index in [0.29, 0.717) is 18.0 Å². The van der Waals surface area contributed by atoms with Crippen molar-refractivity contribution in [1.29, 1.82) is 0 Å². The molecule has 0 N–H and O–H groups in total. The third-order valence-corrected chi connectivity index (χ3v) is 5.76. The first-order valence-corrected chi connectivity index (χ1v) is 8.25. The lowest BCUT2D eigenvalue weighted by atomic mass is 9.76. The second-order valence-corrected chi connectivity index (χ2v) is 7.15. The minimum atomic E-state index is -0.0502. The first-order valence-electron chi connectivity index (χ1n) is 7.17. The largest absolute Gasteiger partial charge is 0.469 e. The van der Waals surface area contributed by atoms with Crippen molar-refractivity contribution >= 4 is 28.6 Å². The fourth-order valence-corrected chi connectivity index (χ4v) is 4.34. The van der Waals surface area contributed by atoms with Crippen LogP contribution >= 0.6 is 22.6 Å². The van der Waals surface area contributed by atoms with Crippen molar-refractivity contribution in [3.63, 3.8) is 0 Å². The van der Waals surface area contributed by atoms with Gasteiger partial charge in [0.1, 0.15) is 0 Å². The van der Waals surface area contributed by atoms with Crippen molar-refractivity contribution in [2.75, 3.05) is 14.2 Å². The molecule has 2 aliphatic rings. The third kappa shape index (κ3) is 2.37. The van der Waals surface area contributed by atoms with Crippen molar-refractivity contribution < 1.29 is 9.53 Å². The average Bonchev–Trinajstić information content (AvgIpc) is 2.70. The lowest BCUT2D eigenvalue weighted by Crippen LogP contribution is -2.49.